The first-order valence-electron chi connectivity index (χ1n) is 9.14. The number of hydrogen-bond acceptors (Lipinski definition) is 3. The van der Waals surface area contributed by atoms with Crippen LogP contribution in [-0.2, 0) is 4.74 Å². The maximum atomic E-state index is 12.9. The average Bonchev–Trinajstić information content (AvgIpc) is 3.00. The van der Waals surface area contributed by atoms with Crippen LogP contribution < -0.4 is 0 Å². The van der Waals surface area contributed by atoms with Crippen molar-refractivity contribution in [2.75, 3.05) is 6.61 Å². The van der Waals surface area contributed by atoms with Crippen molar-refractivity contribution in [3.63, 3.8) is 0 Å². The Bertz CT molecular complexity index is 1220. The molecule has 0 aliphatic heterocycles. The molecule has 0 aliphatic rings. The molecule has 4 rings (SSSR count). The van der Waals surface area contributed by atoms with Gasteiger partial charge in [-0.3, -0.25) is 0 Å². The molecule has 0 fully saturated rings. The highest BCUT2D eigenvalue weighted by atomic mass is 79.9. The minimum Gasteiger partial charge on any atom is -0.507 e. The minimum absolute atomic E-state index is 0.196. The highest BCUT2D eigenvalue weighted by molar-refractivity contribution is 9.10. The van der Waals surface area contributed by atoms with Crippen molar-refractivity contribution in [3.05, 3.63) is 69.8 Å². The van der Waals surface area contributed by atoms with Gasteiger partial charge in [0, 0.05) is 37.6 Å². The smallest absolute Gasteiger partial charge is 0.340 e. The number of carbonyl (C=O) groups excluding carboxylic acids is 1. The predicted octanol–water partition coefficient (Wildman–Crippen LogP) is 6.05. The van der Waals surface area contributed by atoms with Gasteiger partial charge in [-0.05, 0) is 45.0 Å². The zero-order chi connectivity index (χ0) is 20.0. The molecule has 0 saturated carbocycles. The third-order valence-corrected chi connectivity index (χ3v) is 5.67. The van der Waals surface area contributed by atoms with Crippen molar-refractivity contribution in [2.24, 2.45) is 0 Å². The molecule has 0 unspecified atom stereocenters. The van der Waals surface area contributed by atoms with E-state index in [4.69, 9.17) is 4.74 Å². The summed E-state index contributed by atoms with van der Waals surface area (Å²) in [4.78, 5) is 12.9. The third kappa shape index (κ3) is 2.69. The molecule has 0 radical (unpaired) electrons. The third-order valence-electron chi connectivity index (χ3n) is 5.14. The second-order valence-corrected chi connectivity index (χ2v) is 7.65. The Morgan fingerprint density at radius 3 is 2.36 bits per heavy atom. The van der Waals surface area contributed by atoms with Crippen molar-refractivity contribution in [1.29, 1.82) is 0 Å². The Hall–Kier alpha value is -2.79. The standard InChI is InChI=1S/C23H20BrNO3/c1-4-28-23(27)20-14(3)25(16-11-9-15(24)10-12-16)21-17-7-5-6-8-18(17)22(26)13(2)19(20)21/h5-12,26H,4H2,1-3H3. The van der Waals surface area contributed by atoms with Crippen molar-refractivity contribution in [1.82, 2.24) is 4.57 Å². The van der Waals surface area contributed by atoms with Gasteiger partial charge >= 0.3 is 5.97 Å². The van der Waals surface area contributed by atoms with Gasteiger partial charge in [0.1, 0.15) is 5.75 Å². The lowest BCUT2D eigenvalue weighted by Crippen LogP contribution is -2.07. The number of carbonyl (C=O) groups is 1. The molecule has 0 amide bonds. The number of aryl methyl sites for hydroxylation is 1. The minimum atomic E-state index is -0.376. The lowest BCUT2D eigenvalue weighted by Gasteiger charge is -2.12. The normalized spacial score (nSPS) is 11.3. The molecule has 142 valence electrons. The van der Waals surface area contributed by atoms with Gasteiger partial charge in [0.2, 0.25) is 0 Å². The number of rotatable bonds is 3. The van der Waals surface area contributed by atoms with E-state index in [1.807, 2.05) is 62.4 Å². The predicted molar refractivity (Wildman–Crippen MR) is 116 cm³/mol. The second kappa shape index (κ2) is 6.99. The van der Waals surface area contributed by atoms with Gasteiger partial charge in [-0.2, -0.15) is 0 Å². The van der Waals surface area contributed by atoms with Crippen LogP contribution in [0.15, 0.2) is 53.0 Å². The summed E-state index contributed by atoms with van der Waals surface area (Å²) in [5.41, 5.74) is 3.80. The van der Waals surface area contributed by atoms with E-state index in [9.17, 15) is 9.90 Å². The quantitative estimate of drug-likeness (QED) is 0.397. The second-order valence-electron chi connectivity index (χ2n) is 6.74. The Kier molecular flexibility index (Phi) is 4.63. The van der Waals surface area contributed by atoms with Crippen molar-refractivity contribution in [3.8, 4) is 11.4 Å². The maximum absolute atomic E-state index is 12.9. The van der Waals surface area contributed by atoms with Crippen molar-refractivity contribution >= 4 is 43.6 Å². The molecule has 0 spiro atoms. The molecule has 0 aliphatic carbocycles. The van der Waals surface area contributed by atoms with Gasteiger partial charge in [0.15, 0.2) is 0 Å². The first-order chi connectivity index (χ1) is 13.5. The SMILES string of the molecule is CCOC(=O)c1c(C)n(-c2ccc(Br)cc2)c2c1c(C)c(O)c1ccccc12. The number of hydrogen-bond donors (Lipinski definition) is 1. The number of esters is 1. The molecule has 1 N–H and O–H groups in total. The fourth-order valence-electron chi connectivity index (χ4n) is 3.89. The molecular formula is C23H20BrNO3. The van der Waals surface area contributed by atoms with E-state index in [-0.39, 0.29) is 11.7 Å². The van der Waals surface area contributed by atoms with Crippen LogP contribution in [0, 0.1) is 13.8 Å². The number of aromatic hydroxyl groups is 1. The van der Waals surface area contributed by atoms with Crippen LogP contribution in [0.5, 0.6) is 5.75 Å². The summed E-state index contributed by atoms with van der Waals surface area (Å²) in [5, 5.41) is 13.2. The number of halogens is 1. The van der Waals surface area contributed by atoms with E-state index >= 15 is 0 Å². The van der Waals surface area contributed by atoms with Crippen LogP contribution >= 0.6 is 15.9 Å². The van der Waals surface area contributed by atoms with E-state index in [0.717, 1.165) is 37.5 Å². The van der Waals surface area contributed by atoms with Gasteiger partial charge < -0.3 is 14.4 Å². The Labute approximate surface area is 171 Å². The van der Waals surface area contributed by atoms with Gasteiger partial charge in [-0.1, -0.05) is 40.2 Å². The molecule has 4 nitrogen and oxygen atoms in total. The first kappa shape index (κ1) is 18.6. The number of aromatic nitrogens is 1. The number of benzene rings is 3. The number of fused-ring (bicyclic) bond motifs is 3. The Morgan fingerprint density at radius 1 is 1.07 bits per heavy atom. The summed E-state index contributed by atoms with van der Waals surface area (Å²) in [7, 11) is 0. The lowest BCUT2D eigenvalue weighted by atomic mass is 9.98. The Balaban J connectivity index is 2.24. The summed E-state index contributed by atoms with van der Waals surface area (Å²) in [6, 6.07) is 15.7. The Morgan fingerprint density at radius 2 is 1.71 bits per heavy atom. The first-order valence-corrected chi connectivity index (χ1v) is 9.93. The van der Waals surface area contributed by atoms with Crippen LogP contribution in [0.25, 0.3) is 27.4 Å². The summed E-state index contributed by atoms with van der Waals surface area (Å²) in [6.45, 7) is 5.85. The molecule has 0 atom stereocenters. The zero-order valence-electron chi connectivity index (χ0n) is 15.9. The van der Waals surface area contributed by atoms with Gasteiger partial charge in [0.25, 0.3) is 0 Å². The number of ether oxygens (including phenoxy) is 1. The molecule has 1 heterocycles. The largest absolute Gasteiger partial charge is 0.507 e. The molecule has 1 aromatic heterocycles. The van der Waals surface area contributed by atoms with Crippen molar-refractivity contribution in [2.45, 2.75) is 20.8 Å². The van der Waals surface area contributed by atoms with Gasteiger partial charge in [-0.25, -0.2) is 4.79 Å². The van der Waals surface area contributed by atoms with Gasteiger partial charge in [0.05, 0.1) is 17.7 Å². The van der Waals surface area contributed by atoms with Crippen LogP contribution in [0.4, 0.5) is 0 Å². The molecular weight excluding hydrogens is 418 g/mol. The van der Waals surface area contributed by atoms with E-state index in [1.54, 1.807) is 6.92 Å². The summed E-state index contributed by atoms with van der Waals surface area (Å²) in [5.74, 6) is -0.180. The highest BCUT2D eigenvalue weighted by Crippen LogP contribution is 2.42. The van der Waals surface area contributed by atoms with E-state index in [2.05, 4.69) is 20.5 Å². The summed E-state index contributed by atoms with van der Waals surface area (Å²) >= 11 is 3.48. The number of nitrogens with zero attached hydrogens (tertiary/aromatic N) is 1. The van der Waals surface area contributed by atoms with Crippen LogP contribution in [0.2, 0.25) is 0 Å². The molecule has 28 heavy (non-hydrogen) atoms. The molecule has 4 aromatic rings. The highest BCUT2D eigenvalue weighted by Gasteiger charge is 2.26. The maximum Gasteiger partial charge on any atom is 0.340 e. The molecule has 5 heteroatoms. The van der Waals surface area contributed by atoms with Crippen LogP contribution in [0.3, 0.4) is 0 Å². The molecule has 0 saturated heterocycles. The fourth-order valence-corrected chi connectivity index (χ4v) is 4.16. The number of phenolic OH excluding ortho intramolecular Hbond substituents is 1. The fraction of sp³-hybridized carbons (Fsp3) is 0.174. The van der Waals surface area contributed by atoms with Gasteiger partial charge in [-0.15, -0.1) is 0 Å². The topological polar surface area (TPSA) is 51.5 Å². The molecule has 3 aromatic carbocycles. The van der Waals surface area contributed by atoms with Crippen LogP contribution in [-0.4, -0.2) is 22.2 Å². The summed E-state index contributed by atoms with van der Waals surface area (Å²) in [6.07, 6.45) is 0. The van der Waals surface area contributed by atoms with Crippen LogP contribution in [0.1, 0.15) is 28.5 Å². The van der Waals surface area contributed by atoms with Crippen molar-refractivity contribution < 1.29 is 14.6 Å². The lowest BCUT2D eigenvalue weighted by molar-refractivity contribution is 0.0527. The average molecular weight is 438 g/mol. The number of phenols is 1. The van der Waals surface area contributed by atoms with E-state index < -0.39 is 0 Å². The zero-order valence-corrected chi connectivity index (χ0v) is 17.5. The van der Waals surface area contributed by atoms with E-state index in [0.29, 0.717) is 17.7 Å². The monoisotopic (exact) mass is 437 g/mol. The van der Waals surface area contributed by atoms with E-state index in [1.165, 1.54) is 0 Å². The molecule has 0 bridgehead atoms. The summed E-state index contributed by atoms with van der Waals surface area (Å²) < 4.78 is 8.40.